The normalized spacial score (nSPS) is 10.4. The van der Waals surface area contributed by atoms with Crippen LogP contribution in [0.3, 0.4) is 0 Å². The number of ketones is 1. The van der Waals surface area contributed by atoms with Gasteiger partial charge in [-0.2, -0.15) is 0 Å². The van der Waals surface area contributed by atoms with Crippen LogP contribution < -0.4 is 10.6 Å². The Bertz CT molecular complexity index is 951. The van der Waals surface area contributed by atoms with Crippen LogP contribution in [0.2, 0.25) is 0 Å². The van der Waals surface area contributed by atoms with Gasteiger partial charge in [0.1, 0.15) is 10.7 Å². The quantitative estimate of drug-likeness (QED) is 0.537. The van der Waals surface area contributed by atoms with Crippen molar-refractivity contribution in [2.75, 3.05) is 10.6 Å². The molecule has 27 heavy (non-hydrogen) atoms. The van der Waals surface area contributed by atoms with Crippen molar-refractivity contribution in [3.05, 3.63) is 71.4 Å². The van der Waals surface area contributed by atoms with E-state index in [9.17, 15) is 9.59 Å². The maximum Gasteiger partial charge on any atom is 0.256 e. The Labute approximate surface area is 162 Å². The van der Waals surface area contributed by atoms with Gasteiger partial charge < -0.3 is 10.6 Å². The van der Waals surface area contributed by atoms with Crippen LogP contribution in [-0.2, 0) is 0 Å². The molecule has 0 fully saturated rings. The number of carbonyl (C=O) groups excluding carboxylic acids is 2. The molecule has 3 aromatic rings. The highest BCUT2D eigenvalue weighted by Crippen LogP contribution is 2.32. The Morgan fingerprint density at radius 2 is 1.74 bits per heavy atom. The van der Waals surface area contributed by atoms with Crippen molar-refractivity contribution in [1.29, 1.82) is 0 Å². The number of nitrogens with zero attached hydrogens (tertiary/aromatic N) is 1. The van der Waals surface area contributed by atoms with Gasteiger partial charge in [-0.05, 0) is 37.1 Å². The van der Waals surface area contributed by atoms with Crippen molar-refractivity contribution in [3.63, 3.8) is 0 Å². The number of rotatable bonds is 7. The van der Waals surface area contributed by atoms with Gasteiger partial charge in [-0.1, -0.05) is 54.7 Å². The number of aromatic nitrogens is 1. The molecule has 138 valence electrons. The van der Waals surface area contributed by atoms with E-state index in [1.807, 2.05) is 62.4 Å². The fourth-order valence-corrected chi connectivity index (χ4v) is 3.53. The summed E-state index contributed by atoms with van der Waals surface area (Å²) in [7, 11) is 0. The minimum Gasteiger partial charge on any atom is -0.331 e. The Hall–Kier alpha value is -2.99. The van der Waals surface area contributed by atoms with Crippen LogP contribution in [0.1, 0.15) is 46.2 Å². The van der Waals surface area contributed by atoms with Crippen molar-refractivity contribution in [3.8, 4) is 0 Å². The summed E-state index contributed by atoms with van der Waals surface area (Å²) in [5, 5.41) is 7.10. The van der Waals surface area contributed by atoms with E-state index in [0.717, 1.165) is 17.7 Å². The van der Waals surface area contributed by atoms with Crippen LogP contribution in [0.4, 0.5) is 15.8 Å². The molecule has 0 aliphatic rings. The fourth-order valence-electron chi connectivity index (χ4n) is 2.64. The van der Waals surface area contributed by atoms with Crippen LogP contribution >= 0.6 is 11.3 Å². The number of thiazole rings is 1. The number of nitrogens with one attached hydrogen (secondary N) is 2. The van der Waals surface area contributed by atoms with E-state index >= 15 is 0 Å². The maximum absolute atomic E-state index is 12.7. The van der Waals surface area contributed by atoms with E-state index < -0.39 is 0 Å². The first kappa shape index (κ1) is 18.8. The SMILES string of the molecule is CCCC(=O)c1nc(Nc2ccccc2)sc1NC(=O)c1ccccc1C. The molecule has 1 aromatic heterocycles. The second kappa shape index (κ2) is 8.60. The third kappa shape index (κ3) is 4.60. The molecule has 0 spiro atoms. The van der Waals surface area contributed by atoms with Crippen LogP contribution in [0.5, 0.6) is 0 Å². The Kier molecular flexibility index (Phi) is 5.98. The number of anilines is 3. The summed E-state index contributed by atoms with van der Waals surface area (Å²) in [6, 6.07) is 16.9. The molecule has 0 atom stereocenters. The first-order chi connectivity index (χ1) is 13.1. The summed E-state index contributed by atoms with van der Waals surface area (Å²) in [5.74, 6) is -0.316. The summed E-state index contributed by atoms with van der Waals surface area (Å²) in [6.07, 6.45) is 1.12. The lowest BCUT2D eigenvalue weighted by Gasteiger charge is -2.06. The third-order valence-corrected chi connectivity index (χ3v) is 4.90. The van der Waals surface area contributed by atoms with Gasteiger partial charge in [0.05, 0.1) is 0 Å². The number of benzene rings is 2. The van der Waals surface area contributed by atoms with Crippen LogP contribution in [0.25, 0.3) is 0 Å². The largest absolute Gasteiger partial charge is 0.331 e. The number of carbonyl (C=O) groups is 2. The van der Waals surface area contributed by atoms with E-state index in [1.54, 1.807) is 6.07 Å². The molecule has 1 amide bonds. The van der Waals surface area contributed by atoms with Gasteiger partial charge in [0, 0.05) is 17.7 Å². The van der Waals surface area contributed by atoms with Gasteiger partial charge >= 0.3 is 0 Å². The van der Waals surface area contributed by atoms with Crippen molar-refractivity contribution in [2.45, 2.75) is 26.7 Å². The maximum atomic E-state index is 12.7. The molecule has 0 saturated heterocycles. The molecule has 5 nitrogen and oxygen atoms in total. The fraction of sp³-hybridized carbons (Fsp3) is 0.190. The third-order valence-electron chi connectivity index (χ3n) is 4.01. The van der Waals surface area contributed by atoms with Crippen LogP contribution in [0.15, 0.2) is 54.6 Å². The number of Topliss-reactive ketones (excluding diaryl/α,β-unsaturated/α-hetero) is 1. The Morgan fingerprint density at radius 3 is 2.44 bits per heavy atom. The lowest BCUT2D eigenvalue weighted by molar-refractivity contribution is 0.0978. The predicted octanol–water partition coefficient (Wildman–Crippen LogP) is 5.43. The van der Waals surface area contributed by atoms with Gasteiger partial charge in [0.25, 0.3) is 5.91 Å². The van der Waals surface area contributed by atoms with Gasteiger partial charge in [-0.15, -0.1) is 0 Å². The lowest BCUT2D eigenvalue weighted by Crippen LogP contribution is -2.14. The van der Waals surface area contributed by atoms with Crippen LogP contribution in [-0.4, -0.2) is 16.7 Å². The topological polar surface area (TPSA) is 71.1 Å². The number of hydrogen-bond acceptors (Lipinski definition) is 5. The van der Waals surface area contributed by atoms with Gasteiger partial charge in [-0.3, -0.25) is 9.59 Å². The second-order valence-electron chi connectivity index (χ2n) is 6.13. The van der Waals surface area contributed by atoms with E-state index in [4.69, 9.17) is 0 Å². The molecule has 0 aliphatic heterocycles. The average Bonchev–Trinajstić information content (AvgIpc) is 3.05. The minimum atomic E-state index is -0.242. The minimum absolute atomic E-state index is 0.0741. The highest BCUT2D eigenvalue weighted by molar-refractivity contribution is 7.20. The molecule has 0 unspecified atom stereocenters. The smallest absolute Gasteiger partial charge is 0.256 e. The Morgan fingerprint density at radius 1 is 1.04 bits per heavy atom. The van der Waals surface area contributed by atoms with Crippen LogP contribution in [0, 0.1) is 6.92 Å². The average molecular weight is 379 g/mol. The first-order valence-corrected chi connectivity index (χ1v) is 9.63. The zero-order chi connectivity index (χ0) is 19.2. The number of hydrogen-bond donors (Lipinski definition) is 2. The second-order valence-corrected chi connectivity index (χ2v) is 7.13. The standard InChI is InChI=1S/C21H21N3O2S/c1-3-9-17(25)18-20(24-19(26)16-13-8-7-10-14(16)2)27-21(23-18)22-15-11-5-4-6-12-15/h4-8,10-13H,3,9H2,1-2H3,(H,22,23)(H,24,26). The first-order valence-electron chi connectivity index (χ1n) is 8.81. The van der Waals surface area contributed by atoms with Crippen molar-refractivity contribution < 1.29 is 9.59 Å². The monoisotopic (exact) mass is 379 g/mol. The number of para-hydroxylation sites is 1. The number of amides is 1. The molecule has 0 bridgehead atoms. The highest BCUT2D eigenvalue weighted by atomic mass is 32.1. The molecule has 0 saturated carbocycles. The summed E-state index contributed by atoms with van der Waals surface area (Å²) in [4.78, 5) is 29.6. The summed E-state index contributed by atoms with van der Waals surface area (Å²) in [6.45, 7) is 3.83. The molecule has 2 aromatic carbocycles. The summed E-state index contributed by atoms with van der Waals surface area (Å²) < 4.78 is 0. The number of aryl methyl sites for hydroxylation is 1. The lowest BCUT2D eigenvalue weighted by atomic mass is 10.1. The van der Waals surface area contributed by atoms with Crippen molar-refractivity contribution >= 4 is 38.8 Å². The van der Waals surface area contributed by atoms with Gasteiger partial charge in [0.2, 0.25) is 0 Å². The molecule has 0 aliphatic carbocycles. The zero-order valence-electron chi connectivity index (χ0n) is 15.3. The van der Waals surface area contributed by atoms with E-state index in [-0.39, 0.29) is 11.7 Å². The van der Waals surface area contributed by atoms with Gasteiger partial charge in [-0.25, -0.2) is 4.98 Å². The molecule has 6 heteroatoms. The zero-order valence-corrected chi connectivity index (χ0v) is 16.1. The predicted molar refractivity (Wildman–Crippen MR) is 110 cm³/mol. The van der Waals surface area contributed by atoms with Crippen molar-refractivity contribution in [1.82, 2.24) is 4.98 Å². The molecule has 3 rings (SSSR count). The van der Waals surface area contributed by atoms with E-state index in [0.29, 0.717) is 27.8 Å². The molecular weight excluding hydrogens is 358 g/mol. The molecular formula is C21H21N3O2S. The Balaban J connectivity index is 1.89. The van der Waals surface area contributed by atoms with Crippen molar-refractivity contribution in [2.24, 2.45) is 0 Å². The molecule has 0 radical (unpaired) electrons. The van der Waals surface area contributed by atoms with Gasteiger partial charge in [0.15, 0.2) is 10.9 Å². The molecule has 1 heterocycles. The summed E-state index contributed by atoms with van der Waals surface area (Å²) >= 11 is 1.26. The summed E-state index contributed by atoms with van der Waals surface area (Å²) in [5.41, 5.74) is 2.64. The molecule has 2 N–H and O–H groups in total. The van der Waals surface area contributed by atoms with E-state index in [2.05, 4.69) is 15.6 Å². The highest BCUT2D eigenvalue weighted by Gasteiger charge is 2.20. The van der Waals surface area contributed by atoms with E-state index in [1.165, 1.54) is 11.3 Å².